The second kappa shape index (κ2) is 8.86. The van der Waals surface area contributed by atoms with Crippen molar-refractivity contribution in [1.29, 1.82) is 0 Å². The van der Waals surface area contributed by atoms with Crippen molar-refractivity contribution in [3.63, 3.8) is 0 Å². The van der Waals surface area contributed by atoms with E-state index in [1.54, 1.807) is 11.8 Å². The van der Waals surface area contributed by atoms with Crippen molar-refractivity contribution in [3.05, 3.63) is 66.2 Å². The Morgan fingerprint density at radius 2 is 1.60 bits per heavy atom. The zero-order chi connectivity index (χ0) is 17.6. The molecule has 3 nitrogen and oxygen atoms in total. The number of hydrogen-bond acceptors (Lipinski definition) is 4. The molecule has 0 aliphatic carbocycles. The van der Waals surface area contributed by atoms with Crippen LogP contribution < -0.4 is 0 Å². The third-order valence-corrected chi connectivity index (χ3v) is 6.13. The normalized spacial score (nSPS) is 29.5. The number of aliphatic hydroxyl groups excluding tert-OH is 1. The van der Waals surface area contributed by atoms with Gasteiger partial charge in [-0.25, -0.2) is 0 Å². The highest BCUT2D eigenvalue weighted by atomic mass is 32.2. The minimum absolute atomic E-state index is 0.0248. The fourth-order valence-electron chi connectivity index (χ4n) is 3.19. The van der Waals surface area contributed by atoms with Gasteiger partial charge in [-0.2, -0.15) is 0 Å². The van der Waals surface area contributed by atoms with Crippen LogP contribution in [0.5, 0.6) is 0 Å². The van der Waals surface area contributed by atoms with Crippen molar-refractivity contribution < 1.29 is 14.6 Å². The van der Waals surface area contributed by atoms with Crippen molar-refractivity contribution in [3.8, 4) is 0 Å². The molecule has 0 saturated carbocycles. The van der Waals surface area contributed by atoms with Gasteiger partial charge in [0.25, 0.3) is 0 Å². The van der Waals surface area contributed by atoms with Gasteiger partial charge in [-0.3, -0.25) is 0 Å². The van der Waals surface area contributed by atoms with Gasteiger partial charge in [-0.1, -0.05) is 74.1 Å². The molecule has 3 rings (SSSR count). The van der Waals surface area contributed by atoms with Gasteiger partial charge in [-0.05, 0) is 29.5 Å². The molecular weight excluding hydrogens is 332 g/mol. The van der Waals surface area contributed by atoms with E-state index in [4.69, 9.17) is 9.47 Å². The molecule has 1 aliphatic rings. The van der Waals surface area contributed by atoms with Crippen molar-refractivity contribution >= 4 is 11.8 Å². The predicted molar refractivity (Wildman–Crippen MR) is 101 cm³/mol. The Labute approximate surface area is 154 Å². The van der Waals surface area contributed by atoms with Gasteiger partial charge in [-0.15, -0.1) is 0 Å². The average molecular weight is 359 g/mol. The summed E-state index contributed by atoms with van der Waals surface area (Å²) in [5.74, 6) is 0.550. The largest absolute Gasteiger partial charge is 0.394 e. The van der Waals surface area contributed by atoms with E-state index in [-0.39, 0.29) is 30.2 Å². The maximum Gasteiger partial charge on any atom is 0.134 e. The smallest absolute Gasteiger partial charge is 0.134 e. The van der Waals surface area contributed by atoms with Crippen molar-refractivity contribution in [2.75, 3.05) is 6.61 Å². The SMILES string of the molecule is CC1[C@H](C)C(CO)O[C@H](Sc2ccccc2)[C@@H]1OCc1ccccc1. The fourth-order valence-corrected chi connectivity index (χ4v) is 4.43. The Balaban J connectivity index is 1.74. The van der Waals surface area contributed by atoms with E-state index in [2.05, 4.69) is 38.1 Å². The molecular formula is C21H26O3S. The Kier molecular flexibility index (Phi) is 6.54. The number of thioether (sulfide) groups is 1. The Bertz CT molecular complexity index is 634. The van der Waals surface area contributed by atoms with E-state index in [0.717, 1.165) is 10.5 Å². The van der Waals surface area contributed by atoms with Crippen LogP contribution in [0.2, 0.25) is 0 Å². The second-order valence-corrected chi connectivity index (χ2v) is 7.81. The van der Waals surface area contributed by atoms with Gasteiger partial charge in [0.15, 0.2) is 0 Å². The summed E-state index contributed by atoms with van der Waals surface area (Å²) in [5.41, 5.74) is 1.03. The predicted octanol–water partition coefficient (Wildman–Crippen LogP) is 4.35. The number of benzene rings is 2. The molecule has 1 heterocycles. The number of hydrogen-bond donors (Lipinski definition) is 1. The summed E-state index contributed by atoms with van der Waals surface area (Å²) in [4.78, 5) is 1.15. The zero-order valence-corrected chi connectivity index (χ0v) is 15.6. The molecule has 4 heteroatoms. The third-order valence-electron chi connectivity index (χ3n) is 4.97. The average Bonchev–Trinajstić information content (AvgIpc) is 2.66. The molecule has 0 spiro atoms. The molecule has 1 fully saturated rings. The van der Waals surface area contributed by atoms with Gasteiger partial charge in [0.1, 0.15) is 5.44 Å². The highest BCUT2D eigenvalue weighted by molar-refractivity contribution is 7.99. The molecule has 0 amide bonds. The van der Waals surface area contributed by atoms with Gasteiger partial charge in [0, 0.05) is 4.90 Å². The minimum Gasteiger partial charge on any atom is -0.394 e. The highest BCUT2D eigenvalue weighted by Gasteiger charge is 2.42. The second-order valence-electron chi connectivity index (χ2n) is 6.64. The van der Waals surface area contributed by atoms with Crippen LogP contribution in [0, 0.1) is 11.8 Å². The minimum atomic E-state index is -0.146. The first-order valence-electron chi connectivity index (χ1n) is 8.82. The topological polar surface area (TPSA) is 38.7 Å². The van der Waals surface area contributed by atoms with Crippen molar-refractivity contribution in [2.45, 2.75) is 43.0 Å². The molecule has 2 aromatic carbocycles. The van der Waals surface area contributed by atoms with Crippen LogP contribution in [0.1, 0.15) is 19.4 Å². The lowest BCUT2D eigenvalue weighted by Gasteiger charge is -2.44. The van der Waals surface area contributed by atoms with Gasteiger partial charge in [0.2, 0.25) is 0 Å². The monoisotopic (exact) mass is 358 g/mol. The standard InChI is InChI=1S/C21H26O3S/c1-15-16(2)20(23-14-17-9-5-3-6-10-17)21(24-19(15)13-22)25-18-11-7-4-8-12-18/h3-12,15-16,19-22H,13-14H2,1-2H3/t15-,16?,19?,20+,21+/m0/s1. The first-order chi connectivity index (χ1) is 12.2. The summed E-state index contributed by atoms with van der Waals surface area (Å²) in [6, 6.07) is 20.5. The highest BCUT2D eigenvalue weighted by Crippen LogP contribution is 2.40. The molecule has 1 saturated heterocycles. The Morgan fingerprint density at radius 1 is 0.960 bits per heavy atom. The maximum atomic E-state index is 9.68. The van der Waals surface area contributed by atoms with E-state index in [9.17, 15) is 5.11 Å². The lowest BCUT2D eigenvalue weighted by Crippen LogP contribution is -2.50. The van der Waals surface area contributed by atoms with Crippen LogP contribution in [0.25, 0.3) is 0 Å². The van der Waals surface area contributed by atoms with Gasteiger partial charge < -0.3 is 14.6 Å². The molecule has 25 heavy (non-hydrogen) atoms. The van der Waals surface area contributed by atoms with Crippen LogP contribution in [-0.2, 0) is 16.1 Å². The summed E-state index contributed by atoms with van der Waals surface area (Å²) in [7, 11) is 0. The summed E-state index contributed by atoms with van der Waals surface area (Å²) in [5, 5.41) is 9.68. The van der Waals surface area contributed by atoms with Gasteiger partial charge >= 0.3 is 0 Å². The van der Waals surface area contributed by atoms with E-state index in [1.165, 1.54) is 0 Å². The molecule has 2 unspecified atom stereocenters. The molecule has 1 aliphatic heterocycles. The summed E-state index contributed by atoms with van der Waals surface area (Å²) in [6.45, 7) is 4.95. The van der Waals surface area contributed by atoms with Crippen LogP contribution in [-0.4, -0.2) is 29.4 Å². The van der Waals surface area contributed by atoms with Crippen molar-refractivity contribution in [1.82, 2.24) is 0 Å². The first-order valence-corrected chi connectivity index (χ1v) is 9.70. The van der Waals surface area contributed by atoms with Gasteiger partial charge in [0.05, 0.1) is 25.4 Å². The summed E-state index contributed by atoms with van der Waals surface area (Å²) in [6.07, 6.45) is -0.170. The quantitative estimate of drug-likeness (QED) is 0.833. The van der Waals surface area contributed by atoms with Crippen LogP contribution in [0.3, 0.4) is 0 Å². The summed E-state index contributed by atoms with van der Waals surface area (Å²) >= 11 is 1.67. The van der Waals surface area contributed by atoms with Crippen LogP contribution in [0.4, 0.5) is 0 Å². The molecule has 0 aromatic heterocycles. The zero-order valence-electron chi connectivity index (χ0n) is 14.7. The van der Waals surface area contributed by atoms with Crippen molar-refractivity contribution in [2.24, 2.45) is 11.8 Å². The molecule has 0 bridgehead atoms. The summed E-state index contributed by atoms with van der Waals surface area (Å²) < 4.78 is 12.5. The van der Waals surface area contributed by atoms with Crippen LogP contribution >= 0.6 is 11.8 Å². The third kappa shape index (κ3) is 4.64. The Morgan fingerprint density at radius 3 is 2.24 bits per heavy atom. The molecule has 0 radical (unpaired) electrons. The molecule has 2 aromatic rings. The lowest BCUT2D eigenvalue weighted by molar-refractivity contribution is -0.168. The number of rotatable bonds is 6. The first kappa shape index (κ1) is 18.5. The number of ether oxygens (including phenoxy) is 2. The lowest BCUT2D eigenvalue weighted by atomic mass is 9.84. The molecule has 1 N–H and O–H groups in total. The van der Waals surface area contributed by atoms with E-state index >= 15 is 0 Å². The Hall–Kier alpha value is -1.33. The van der Waals surface area contributed by atoms with Crippen LogP contribution in [0.15, 0.2) is 65.6 Å². The van der Waals surface area contributed by atoms with E-state index < -0.39 is 0 Å². The molecule has 134 valence electrons. The van der Waals surface area contributed by atoms with E-state index in [0.29, 0.717) is 12.5 Å². The number of aliphatic hydroxyl groups is 1. The fraction of sp³-hybridized carbons (Fsp3) is 0.429. The molecule has 5 atom stereocenters. The maximum absolute atomic E-state index is 9.68. The van der Waals surface area contributed by atoms with E-state index in [1.807, 2.05) is 36.4 Å².